The van der Waals surface area contributed by atoms with Crippen molar-refractivity contribution < 1.29 is 0 Å². The Labute approximate surface area is 95.1 Å². The number of nitriles is 1. The predicted molar refractivity (Wildman–Crippen MR) is 64.8 cm³/mol. The van der Waals surface area contributed by atoms with Crippen LogP contribution in [-0.4, -0.2) is 10.5 Å². The van der Waals surface area contributed by atoms with Gasteiger partial charge >= 0.3 is 0 Å². The minimum absolute atomic E-state index is 0.488. The van der Waals surface area contributed by atoms with Gasteiger partial charge in [-0.15, -0.1) is 0 Å². The summed E-state index contributed by atoms with van der Waals surface area (Å²) in [5.74, 6) is 0. The second-order valence-corrected chi connectivity index (χ2v) is 4.45. The van der Waals surface area contributed by atoms with E-state index in [1.165, 1.54) is 10.9 Å². The number of hydrogen-bond acceptors (Lipinski definition) is 2. The monoisotopic (exact) mass is 213 g/mol. The standard InChI is InChI=1S/C13H15N3/c1-13(2,9-14)16-8-10-7-15-12-6-4-3-5-11(10)12/h3-7,15-16H,8H2,1-2H3. The van der Waals surface area contributed by atoms with Crippen LogP contribution in [0.1, 0.15) is 19.4 Å². The fourth-order valence-electron chi connectivity index (χ4n) is 1.63. The average Bonchev–Trinajstić information content (AvgIpc) is 2.70. The van der Waals surface area contributed by atoms with Gasteiger partial charge in [0.25, 0.3) is 0 Å². The quantitative estimate of drug-likeness (QED) is 0.823. The maximum absolute atomic E-state index is 8.92. The van der Waals surface area contributed by atoms with E-state index in [1.807, 2.05) is 38.2 Å². The fourth-order valence-corrected chi connectivity index (χ4v) is 1.63. The first kappa shape index (κ1) is 10.7. The van der Waals surface area contributed by atoms with Crippen LogP contribution in [0.3, 0.4) is 0 Å². The number of para-hydroxylation sites is 1. The highest BCUT2D eigenvalue weighted by molar-refractivity contribution is 5.82. The van der Waals surface area contributed by atoms with Crippen molar-refractivity contribution in [2.45, 2.75) is 25.9 Å². The molecule has 1 aromatic carbocycles. The van der Waals surface area contributed by atoms with Gasteiger partial charge in [0, 0.05) is 23.6 Å². The Morgan fingerprint density at radius 2 is 2.12 bits per heavy atom. The molecule has 0 atom stereocenters. The van der Waals surface area contributed by atoms with Crippen molar-refractivity contribution in [2.75, 3.05) is 0 Å². The van der Waals surface area contributed by atoms with E-state index in [-0.39, 0.29) is 0 Å². The molecule has 0 saturated heterocycles. The number of H-pyrrole nitrogens is 1. The normalized spacial score (nSPS) is 11.6. The molecule has 2 N–H and O–H groups in total. The Bertz CT molecular complexity index is 531. The lowest BCUT2D eigenvalue weighted by atomic mass is 10.1. The molecule has 16 heavy (non-hydrogen) atoms. The maximum Gasteiger partial charge on any atom is 0.101 e. The van der Waals surface area contributed by atoms with Crippen LogP contribution < -0.4 is 5.32 Å². The summed E-state index contributed by atoms with van der Waals surface area (Å²) in [5, 5.41) is 13.3. The zero-order chi connectivity index (χ0) is 11.6. The van der Waals surface area contributed by atoms with Gasteiger partial charge in [0.1, 0.15) is 5.54 Å². The van der Waals surface area contributed by atoms with E-state index in [9.17, 15) is 0 Å². The zero-order valence-electron chi connectivity index (χ0n) is 9.54. The number of nitrogens with zero attached hydrogens (tertiary/aromatic N) is 1. The van der Waals surface area contributed by atoms with Gasteiger partial charge in [0.15, 0.2) is 0 Å². The summed E-state index contributed by atoms with van der Waals surface area (Å²) in [6.07, 6.45) is 1.99. The van der Waals surface area contributed by atoms with Crippen molar-refractivity contribution in [1.29, 1.82) is 5.26 Å². The summed E-state index contributed by atoms with van der Waals surface area (Å²) < 4.78 is 0. The second kappa shape index (κ2) is 3.99. The lowest BCUT2D eigenvalue weighted by molar-refractivity contribution is 0.486. The molecule has 0 spiro atoms. The Kier molecular flexibility index (Phi) is 2.67. The van der Waals surface area contributed by atoms with Gasteiger partial charge in [-0.3, -0.25) is 5.32 Å². The minimum atomic E-state index is -0.488. The Morgan fingerprint density at radius 1 is 1.38 bits per heavy atom. The molecule has 1 heterocycles. The van der Waals surface area contributed by atoms with Crippen LogP contribution >= 0.6 is 0 Å². The van der Waals surface area contributed by atoms with Crippen molar-refractivity contribution in [3.05, 3.63) is 36.0 Å². The highest BCUT2D eigenvalue weighted by atomic mass is 14.9. The van der Waals surface area contributed by atoms with E-state index in [0.717, 1.165) is 5.52 Å². The Balaban J connectivity index is 2.20. The molecule has 3 nitrogen and oxygen atoms in total. The van der Waals surface area contributed by atoms with E-state index in [4.69, 9.17) is 5.26 Å². The smallest absolute Gasteiger partial charge is 0.101 e. The third kappa shape index (κ3) is 2.07. The van der Waals surface area contributed by atoms with Crippen LogP contribution in [0, 0.1) is 11.3 Å². The molecule has 2 aromatic rings. The summed E-state index contributed by atoms with van der Waals surface area (Å²) in [5.41, 5.74) is 1.84. The summed E-state index contributed by atoms with van der Waals surface area (Å²) in [7, 11) is 0. The summed E-state index contributed by atoms with van der Waals surface area (Å²) in [4.78, 5) is 3.22. The number of aromatic amines is 1. The molecule has 3 heteroatoms. The largest absolute Gasteiger partial charge is 0.361 e. The van der Waals surface area contributed by atoms with Gasteiger partial charge in [-0.1, -0.05) is 18.2 Å². The number of nitrogens with one attached hydrogen (secondary N) is 2. The topological polar surface area (TPSA) is 51.6 Å². The van der Waals surface area contributed by atoms with E-state index in [0.29, 0.717) is 6.54 Å². The van der Waals surface area contributed by atoms with Crippen LogP contribution in [0.4, 0.5) is 0 Å². The summed E-state index contributed by atoms with van der Waals surface area (Å²) in [6, 6.07) is 10.4. The van der Waals surface area contributed by atoms with Gasteiger partial charge in [-0.05, 0) is 25.5 Å². The Hall–Kier alpha value is -1.79. The number of hydrogen-bond donors (Lipinski definition) is 2. The highest BCUT2D eigenvalue weighted by Crippen LogP contribution is 2.18. The van der Waals surface area contributed by atoms with Crippen LogP contribution in [-0.2, 0) is 6.54 Å². The van der Waals surface area contributed by atoms with Crippen molar-refractivity contribution >= 4 is 10.9 Å². The van der Waals surface area contributed by atoms with Crippen LogP contribution in [0.15, 0.2) is 30.5 Å². The van der Waals surface area contributed by atoms with Crippen molar-refractivity contribution in [3.8, 4) is 6.07 Å². The molecule has 1 aromatic heterocycles. The van der Waals surface area contributed by atoms with E-state index >= 15 is 0 Å². The van der Waals surface area contributed by atoms with E-state index < -0.39 is 5.54 Å². The molecular formula is C13H15N3. The van der Waals surface area contributed by atoms with Crippen molar-refractivity contribution in [1.82, 2.24) is 10.3 Å². The molecule has 0 aliphatic rings. The predicted octanol–water partition coefficient (Wildman–Crippen LogP) is 2.56. The third-order valence-corrected chi connectivity index (χ3v) is 2.68. The van der Waals surface area contributed by atoms with Gasteiger partial charge in [-0.25, -0.2) is 0 Å². The van der Waals surface area contributed by atoms with Gasteiger partial charge in [0.2, 0.25) is 0 Å². The lowest BCUT2D eigenvalue weighted by Gasteiger charge is -2.16. The van der Waals surface area contributed by atoms with Gasteiger partial charge in [0.05, 0.1) is 6.07 Å². The molecule has 0 amide bonds. The number of benzene rings is 1. The minimum Gasteiger partial charge on any atom is -0.361 e. The molecule has 0 unspecified atom stereocenters. The molecule has 2 rings (SSSR count). The fraction of sp³-hybridized carbons (Fsp3) is 0.308. The first-order chi connectivity index (χ1) is 7.62. The molecular weight excluding hydrogens is 198 g/mol. The van der Waals surface area contributed by atoms with Gasteiger partial charge in [-0.2, -0.15) is 5.26 Å². The second-order valence-electron chi connectivity index (χ2n) is 4.45. The first-order valence-corrected chi connectivity index (χ1v) is 5.34. The maximum atomic E-state index is 8.92. The highest BCUT2D eigenvalue weighted by Gasteiger charge is 2.15. The van der Waals surface area contributed by atoms with Crippen molar-refractivity contribution in [2.24, 2.45) is 0 Å². The number of aromatic nitrogens is 1. The third-order valence-electron chi connectivity index (χ3n) is 2.68. The van der Waals surface area contributed by atoms with E-state index in [1.54, 1.807) is 0 Å². The number of rotatable bonds is 3. The molecule has 0 radical (unpaired) electrons. The number of fused-ring (bicyclic) bond motifs is 1. The summed E-state index contributed by atoms with van der Waals surface area (Å²) in [6.45, 7) is 4.45. The van der Waals surface area contributed by atoms with Gasteiger partial charge < -0.3 is 4.98 Å². The molecule has 0 fully saturated rings. The molecule has 0 aliphatic heterocycles. The average molecular weight is 213 g/mol. The molecule has 82 valence electrons. The Morgan fingerprint density at radius 3 is 2.88 bits per heavy atom. The van der Waals surface area contributed by atoms with E-state index in [2.05, 4.69) is 22.4 Å². The molecule has 0 bridgehead atoms. The zero-order valence-corrected chi connectivity index (χ0v) is 9.54. The summed E-state index contributed by atoms with van der Waals surface area (Å²) >= 11 is 0. The lowest BCUT2D eigenvalue weighted by Crippen LogP contribution is -2.36. The first-order valence-electron chi connectivity index (χ1n) is 5.34. The molecule has 0 saturated carbocycles. The molecule has 0 aliphatic carbocycles. The van der Waals surface area contributed by atoms with Crippen LogP contribution in [0.5, 0.6) is 0 Å². The van der Waals surface area contributed by atoms with Crippen molar-refractivity contribution in [3.63, 3.8) is 0 Å². The van der Waals surface area contributed by atoms with Crippen LogP contribution in [0.2, 0.25) is 0 Å². The van der Waals surface area contributed by atoms with Crippen LogP contribution in [0.25, 0.3) is 10.9 Å². The SMILES string of the molecule is CC(C)(C#N)NCc1c[nH]c2ccccc12.